The van der Waals surface area contributed by atoms with Crippen LogP contribution in [0, 0.1) is 5.92 Å². The van der Waals surface area contributed by atoms with E-state index in [0.717, 1.165) is 19.0 Å². The van der Waals surface area contributed by atoms with Crippen LogP contribution in [0.15, 0.2) is 4.99 Å². The molecule has 2 heterocycles. The van der Waals surface area contributed by atoms with Crippen molar-refractivity contribution in [3.05, 3.63) is 0 Å². The third kappa shape index (κ3) is 1.17. The maximum atomic E-state index is 11.2. The molecule has 0 spiro atoms. The second-order valence-corrected chi connectivity index (χ2v) is 3.24. The first kappa shape index (κ1) is 7.58. The summed E-state index contributed by atoms with van der Waals surface area (Å²) in [5.41, 5.74) is 0. The van der Waals surface area contributed by atoms with Crippen LogP contribution in [0.25, 0.3) is 0 Å². The lowest BCUT2D eigenvalue weighted by Crippen LogP contribution is -2.21. The predicted octanol–water partition coefficient (Wildman–Crippen LogP) is -0.107. The minimum atomic E-state index is 0.193. The highest BCUT2D eigenvalue weighted by Crippen LogP contribution is 2.19. The third-order valence-electron chi connectivity index (χ3n) is 2.30. The van der Waals surface area contributed by atoms with Crippen LogP contribution in [0.3, 0.4) is 0 Å². The molecule has 1 atom stereocenters. The predicted molar refractivity (Wildman–Crippen MR) is 44.0 cm³/mol. The number of nitrogens with zero attached hydrogens (tertiary/aromatic N) is 2. The summed E-state index contributed by atoms with van der Waals surface area (Å²) in [6.45, 7) is 2.20. The Hall–Kier alpha value is -1.06. The number of amides is 1. The number of ether oxygens (including phenoxy) is 1. The van der Waals surface area contributed by atoms with Crippen molar-refractivity contribution in [3.63, 3.8) is 0 Å². The van der Waals surface area contributed by atoms with Crippen molar-refractivity contribution in [2.24, 2.45) is 10.9 Å². The van der Waals surface area contributed by atoms with Crippen LogP contribution < -0.4 is 0 Å². The molecular formula is C8H12N2O2. The summed E-state index contributed by atoms with van der Waals surface area (Å²) >= 11 is 0. The van der Waals surface area contributed by atoms with Gasteiger partial charge in [-0.25, -0.2) is 0 Å². The van der Waals surface area contributed by atoms with Gasteiger partial charge in [-0.3, -0.25) is 9.79 Å². The molecule has 12 heavy (non-hydrogen) atoms. The highest BCUT2D eigenvalue weighted by Gasteiger charge is 2.32. The number of likely N-dealkylation sites (tertiary alicyclic amines) is 1. The average Bonchev–Trinajstić information content (AvgIpc) is 2.61. The van der Waals surface area contributed by atoms with Crippen molar-refractivity contribution >= 4 is 11.8 Å². The van der Waals surface area contributed by atoms with Gasteiger partial charge >= 0.3 is 0 Å². The van der Waals surface area contributed by atoms with Crippen LogP contribution in [0.4, 0.5) is 0 Å². The van der Waals surface area contributed by atoms with Crippen molar-refractivity contribution < 1.29 is 9.53 Å². The molecule has 0 aromatic rings. The molecule has 2 aliphatic rings. The van der Waals surface area contributed by atoms with Crippen molar-refractivity contribution in [2.45, 2.75) is 6.42 Å². The molecule has 4 nitrogen and oxygen atoms in total. The van der Waals surface area contributed by atoms with Gasteiger partial charge in [0.2, 0.25) is 5.91 Å². The summed E-state index contributed by atoms with van der Waals surface area (Å²) in [6.07, 6.45) is 0.565. The average molecular weight is 168 g/mol. The Morgan fingerprint density at radius 2 is 2.50 bits per heavy atom. The summed E-state index contributed by atoms with van der Waals surface area (Å²) in [4.78, 5) is 17.1. The highest BCUT2D eigenvalue weighted by molar-refractivity contribution is 5.89. The van der Waals surface area contributed by atoms with Gasteiger partial charge in [0, 0.05) is 20.0 Å². The molecule has 0 bridgehead atoms. The fraction of sp³-hybridized carbons (Fsp3) is 0.750. The van der Waals surface area contributed by atoms with E-state index < -0.39 is 0 Å². The van der Waals surface area contributed by atoms with Gasteiger partial charge in [0.05, 0.1) is 12.5 Å². The number of carbonyl (C=O) groups is 1. The van der Waals surface area contributed by atoms with Crippen LogP contribution in [-0.4, -0.2) is 43.4 Å². The molecule has 0 saturated carbocycles. The highest BCUT2D eigenvalue weighted by atomic mass is 16.5. The topological polar surface area (TPSA) is 41.9 Å². The van der Waals surface area contributed by atoms with E-state index in [1.54, 1.807) is 4.90 Å². The number of hydrogen-bond acceptors (Lipinski definition) is 3. The SMILES string of the molecule is CN1CC(C2=NCCO2)CC1=O. The summed E-state index contributed by atoms with van der Waals surface area (Å²) in [5.74, 6) is 1.19. The van der Waals surface area contributed by atoms with E-state index in [0.29, 0.717) is 13.0 Å². The van der Waals surface area contributed by atoms with Crippen LogP contribution in [0.5, 0.6) is 0 Å². The molecular weight excluding hydrogens is 156 g/mol. The first-order valence-electron chi connectivity index (χ1n) is 4.18. The first-order valence-corrected chi connectivity index (χ1v) is 4.18. The second-order valence-electron chi connectivity index (χ2n) is 3.24. The van der Waals surface area contributed by atoms with Crippen molar-refractivity contribution in [1.29, 1.82) is 0 Å². The van der Waals surface area contributed by atoms with Crippen LogP contribution in [0.1, 0.15) is 6.42 Å². The van der Waals surface area contributed by atoms with Crippen molar-refractivity contribution in [3.8, 4) is 0 Å². The molecule has 0 aliphatic carbocycles. The van der Waals surface area contributed by atoms with E-state index in [9.17, 15) is 4.79 Å². The Balaban J connectivity index is 2.03. The quantitative estimate of drug-likeness (QED) is 0.548. The summed E-state index contributed by atoms with van der Waals surface area (Å²) in [5, 5.41) is 0. The number of carbonyl (C=O) groups excluding carboxylic acids is 1. The molecule has 1 unspecified atom stereocenters. The summed E-state index contributed by atoms with van der Waals surface area (Å²) in [7, 11) is 1.82. The van der Waals surface area contributed by atoms with E-state index in [1.807, 2.05) is 7.05 Å². The normalized spacial score (nSPS) is 29.1. The molecule has 4 heteroatoms. The molecule has 0 aromatic heterocycles. The molecule has 0 radical (unpaired) electrons. The lowest BCUT2D eigenvalue weighted by molar-refractivity contribution is -0.126. The summed E-state index contributed by atoms with van der Waals surface area (Å²) in [6, 6.07) is 0. The molecule has 1 saturated heterocycles. The lowest BCUT2D eigenvalue weighted by Gasteiger charge is -2.09. The van der Waals surface area contributed by atoms with E-state index in [1.165, 1.54) is 0 Å². The van der Waals surface area contributed by atoms with Crippen LogP contribution in [-0.2, 0) is 9.53 Å². The lowest BCUT2D eigenvalue weighted by atomic mass is 10.1. The van der Waals surface area contributed by atoms with Crippen LogP contribution in [0.2, 0.25) is 0 Å². The second kappa shape index (κ2) is 2.77. The zero-order valence-electron chi connectivity index (χ0n) is 7.12. The fourth-order valence-electron chi connectivity index (χ4n) is 1.63. The van der Waals surface area contributed by atoms with E-state index in [-0.39, 0.29) is 11.8 Å². The number of hydrogen-bond donors (Lipinski definition) is 0. The van der Waals surface area contributed by atoms with Gasteiger partial charge in [0.1, 0.15) is 6.61 Å². The minimum absolute atomic E-state index is 0.193. The Kier molecular flexibility index (Phi) is 1.75. The van der Waals surface area contributed by atoms with Crippen molar-refractivity contribution in [1.82, 2.24) is 4.90 Å². The molecule has 2 rings (SSSR count). The van der Waals surface area contributed by atoms with E-state index in [4.69, 9.17) is 4.74 Å². The smallest absolute Gasteiger partial charge is 0.223 e. The zero-order valence-corrected chi connectivity index (χ0v) is 7.12. The fourth-order valence-corrected chi connectivity index (χ4v) is 1.63. The van der Waals surface area contributed by atoms with Crippen LogP contribution >= 0.6 is 0 Å². The van der Waals surface area contributed by atoms with Gasteiger partial charge in [-0.2, -0.15) is 0 Å². The van der Waals surface area contributed by atoms with Gasteiger partial charge in [-0.1, -0.05) is 0 Å². The third-order valence-corrected chi connectivity index (χ3v) is 2.30. The van der Waals surface area contributed by atoms with Gasteiger partial charge in [0.15, 0.2) is 5.90 Å². The Morgan fingerprint density at radius 3 is 3.00 bits per heavy atom. The monoisotopic (exact) mass is 168 g/mol. The van der Waals surface area contributed by atoms with Gasteiger partial charge < -0.3 is 9.64 Å². The largest absolute Gasteiger partial charge is 0.479 e. The zero-order chi connectivity index (χ0) is 8.55. The molecule has 0 aromatic carbocycles. The Labute approximate surface area is 71.2 Å². The molecule has 1 amide bonds. The first-order chi connectivity index (χ1) is 5.77. The maximum absolute atomic E-state index is 11.2. The van der Waals surface area contributed by atoms with Gasteiger partial charge in [0.25, 0.3) is 0 Å². The molecule has 66 valence electrons. The number of rotatable bonds is 1. The molecule has 2 aliphatic heterocycles. The maximum Gasteiger partial charge on any atom is 0.223 e. The van der Waals surface area contributed by atoms with E-state index >= 15 is 0 Å². The van der Waals surface area contributed by atoms with Gasteiger partial charge in [-0.05, 0) is 0 Å². The minimum Gasteiger partial charge on any atom is -0.479 e. The molecule has 0 N–H and O–H groups in total. The number of aliphatic imine (C=N–C) groups is 1. The Bertz CT molecular complexity index is 237. The standard InChI is InChI=1S/C8H12N2O2/c1-10-5-6(4-7(10)11)8-9-2-3-12-8/h6H,2-5H2,1H3. The van der Waals surface area contributed by atoms with Gasteiger partial charge in [-0.15, -0.1) is 0 Å². The summed E-state index contributed by atoms with van der Waals surface area (Å²) < 4.78 is 5.30. The van der Waals surface area contributed by atoms with E-state index in [2.05, 4.69) is 4.99 Å². The molecule has 1 fully saturated rings. The Morgan fingerprint density at radius 1 is 1.67 bits per heavy atom. The van der Waals surface area contributed by atoms with Crippen molar-refractivity contribution in [2.75, 3.05) is 26.7 Å².